The zero-order valence-corrected chi connectivity index (χ0v) is 38.3. The quantitative estimate of drug-likeness (QED) is 0.0408. The molecule has 0 spiro atoms. The van der Waals surface area contributed by atoms with Gasteiger partial charge < -0.3 is 28.7 Å². The molecule has 0 aliphatic heterocycles. The fourth-order valence-corrected chi connectivity index (χ4v) is 6.88. The molecule has 2 amide bonds. The molecule has 69 heavy (non-hydrogen) atoms. The number of hydrazine groups is 2. The first-order chi connectivity index (χ1) is 33.2. The lowest BCUT2D eigenvalue weighted by atomic mass is 10.0. The van der Waals surface area contributed by atoms with Crippen LogP contribution in [0.15, 0.2) is 158 Å². The number of rotatable bonds is 19. The third kappa shape index (κ3) is 15.8. The van der Waals surface area contributed by atoms with Gasteiger partial charge in [0, 0.05) is 23.1 Å². The zero-order valence-electron chi connectivity index (χ0n) is 36.8. The number of amides is 2. The SMILES string of the molecule is CCOC(=O)[C@H](O)CN(Cc1ccc(-c2cccc(Cl)c2)cc1)NC(=O)c1cc(=O)[nH]o1.O=C(NN(Cc1ccc(-c2cccc(Cl)c2)cc1)C[C@@H](O)C(=O)OCc1ccccc1)c1cc(=O)[nH]o1. The van der Waals surface area contributed by atoms with E-state index in [9.17, 15) is 39.0 Å². The van der Waals surface area contributed by atoms with Crippen LogP contribution in [0.4, 0.5) is 0 Å². The number of nitrogens with one attached hydrogen (secondary N) is 4. The molecule has 0 saturated heterocycles. The van der Waals surface area contributed by atoms with Crippen molar-refractivity contribution in [1.29, 1.82) is 0 Å². The summed E-state index contributed by atoms with van der Waals surface area (Å²) in [5.41, 5.74) is 10.1. The van der Waals surface area contributed by atoms with Crippen molar-refractivity contribution in [2.45, 2.75) is 38.8 Å². The molecule has 0 aliphatic carbocycles. The van der Waals surface area contributed by atoms with Crippen molar-refractivity contribution >= 4 is 47.0 Å². The monoisotopic (exact) mass is 980 g/mol. The number of hydrogen-bond donors (Lipinski definition) is 6. The molecular formula is C49H46Cl2N6O12. The summed E-state index contributed by atoms with van der Waals surface area (Å²) in [4.78, 5) is 71.8. The van der Waals surface area contributed by atoms with E-state index in [0.29, 0.717) is 10.0 Å². The lowest BCUT2D eigenvalue weighted by molar-refractivity contribution is -0.156. The summed E-state index contributed by atoms with van der Waals surface area (Å²) in [5.74, 6) is -3.56. The largest absolute Gasteiger partial charge is 0.464 e. The number of esters is 2. The van der Waals surface area contributed by atoms with E-state index in [-0.39, 0.29) is 50.9 Å². The van der Waals surface area contributed by atoms with E-state index >= 15 is 0 Å². The second kappa shape index (κ2) is 25.0. The normalized spacial score (nSPS) is 11.8. The van der Waals surface area contributed by atoms with Crippen LogP contribution in [-0.4, -0.2) is 86.2 Å². The predicted molar refractivity (Wildman–Crippen MR) is 253 cm³/mol. The molecule has 6 N–H and O–H groups in total. The van der Waals surface area contributed by atoms with E-state index in [4.69, 9.17) is 41.7 Å². The summed E-state index contributed by atoms with van der Waals surface area (Å²) < 4.78 is 19.7. The van der Waals surface area contributed by atoms with Gasteiger partial charge in [0.25, 0.3) is 11.1 Å². The van der Waals surface area contributed by atoms with Crippen LogP contribution in [0.1, 0.15) is 44.7 Å². The number of aromatic amines is 2. The average Bonchev–Trinajstić information content (AvgIpc) is 4.00. The highest BCUT2D eigenvalue weighted by Gasteiger charge is 2.25. The molecule has 0 fully saturated rings. The Labute approximate surface area is 403 Å². The maximum absolute atomic E-state index is 12.6. The van der Waals surface area contributed by atoms with E-state index in [2.05, 4.69) is 10.9 Å². The summed E-state index contributed by atoms with van der Waals surface area (Å²) in [7, 11) is 0. The lowest BCUT2D eigenvalue weighted by Gasteiger charge is -2.24. The van der Waals surface area contributed by atoms with Crippen LogP contribution >= 0.6 is 23.2 Å². The van der Waals surface area contributed by atoms with Crippen LogP contribution in [-0.2, 0) is 38.8 Å². The minimum Gasteiger partial charge on any atom is -0.464 e. The van der Waals surface area contributed by atoms with Gasteiger partial charge in [-0.05, 0) is 70.1 Å². The third-order valence-corrected chi connectivity index (χ3v) is 10.3. The van der Waals surface area contributed by atoms with Crippen LogP contribution in [0.5, 0.6) is 0 Å². The minimum atomic E-state index is -1.55. The van der Waals surface area contributed by atoms with Crippen LogP contribution < -0.4 is 22.0 Å². The van der Waals surface area contributed by atoms with Gasteiger partial charge in [0.05, 0.1) is 31.8 Å². The second-order valence-corrected chi connectivity index (χ2v) is 16.0. The molecule has 0 unspecified atom stereocenters. The van der Waals surface area contributed by atoms with Gasteiger partial charge in [-0.25, -0.2) is 19.6 Å². The highest BCUT2D eigenvalue weighted by atomic mass is 35.5. The van der Waals surface area contributed by atoms with Gasteiger partial charge in [0.2, 0.25) is 11.5 Å². The summed E-state index contributed by atoms with van der Waals surface area (Å²) in [5, 5.41) is 28.7. The molecule has 0 bridgehead atoms. The highest BCUT2D eigenvalue weighted by Crippen LogP contribution is 2.25. The Kier molecular flexibility index (Phi) is 18.4. The van der Waals surface area contributed by atoms with Crippen molar-refractivity contribution in [3.8, 4) is 22.3 Å². The fraction of sp³-hybridized carbons (Fsp3) is 0.184. The Morgan fingerprint density at radius 1 is 0.565 bits per heavy atom. The topological polar surface area (TPSA) is 250 Å². The molecule has 7 aromatic rings. The summed E-state index contributed by atoms with van der Waals surface area (Å²) in [6, 6.07) is 40.9. The fourth-order valence-electron chi connectivity index (χ4n) is 6.50. The van der Waals surface area contributed by atoms with Gasteiger partial charge in [-0.3, -0.25) is 30.0 Å². The highest BCUT2D eigenvalue weighted by molar-refractivity contribution is 6.31. The van der Waals surface area contributed by atoms with Crippen LogP contribution in [0, 0.1) is 0 Å². The van der Waals surface area contributed by atoms with Crippen LogP contribution in [0.25, 0.3) is 22.3 Å². The maximum Gasteiger partial charge on any atom is 0.336 e. The first-order valence-corrected chi connectivity index (χ1v) is 21.9. The number of aromatic nitrogens is 2. The van der Waals surface area contributed by atoms with E-state index in [1.54, 1.807) is 31.2 Å². The van der Waals surface area contributed by atoms with Gasteiger partial charge in [-0.15, -0.1) is 0 Å². The Balaban J connectivity index is 0.000000229. The number of H-pyrrole nitrogens is 2. The van der Waals surface area contributed by atoms with E-state index in [1.165, 1.54) is 10.0 Å². The summed E-state index contributed by atoms with van der Waals surface area (Å²) in [6.07, 6.45) is -3.04. The molecular weight excluding hydrogens is 935 g/mol. The molecule has 2 heterocycles. The third-order valence-electron chi connectivity index (χ3n) is 9.83. The van der Waals surface area contributed by atoms with Crippen molar-refractivity contribution in [3.05, 3.63) is 198 Å². The Hall–Kier alpha value is -7.58. The Morgan fingerprint density at radius 2 is 1.00 bits per heavy atom. The number of ether oxygens (including phenoxy) is 2. The molecule has 2 aromatic heterocycles. The van der Waals surface area contributed by atoms with Gasteiger partial charge in [0.1, 0.15) is 6.61 Å². The molecule has 0 radical (unpaired) electrons. The summed E-state index contributed by atoms with van der Waals surface area (Å²) in [6.45, 7) is 1.52. The number of aliphatic hydroxyl groups excluding tert-OH is 2. The van der Waals surface area contributed by atoms with Crippen LogP contribution in [0.2, 0.25) is 10.0 Å². The second-order valence-electron chi connectivity index (χ2n) is 15.1. The van der Waals surface area contributed by atoms with Crippen molar-refractivity contribution in [2.75, 3.05) is 19.7 Å². The Morgan fingerprint density at radius 3 is 1.39 bits per heavy atom. The molecule has 20 heteroatoms. The van der Waals surface area contributed by atoms with Gasteiger partial charge in [-0.1, -0.05) is 126 Å². The standard InChI is InChI=1S/C27H24ClN3O6.C22H22ClN3O6/c28-22-8-4-7-21(13-22)20-11-9-18(10-12-20)15-31(29-26(34)24-14-25(33)30-37-24)16-23(32)27(35)36-17-19-5-2-1-3-6-19;1-2-31-22(30)18(27)13-26(24-21(29)19-11-20(28)25-32-19)12-14-6-8-15(9-7-14)16-4-3-5-17(23)10-16/h1-14,23,32H,15-17H2,(H,29,34)(H,30,33);3-11,18,27H,2,12-13H2,1H3,(H,24,29)(H,25,28)/t23-;18-/m11/s1. The van der Waals surface area contributed by atoms with E-state index in [0.717, 1.165) is 51.1 Å². The number of hydrogen-bond acceptors (Lipinski definition) is 14. The molecule has 0 saturated carbocycles. The number of aliphatic hydroxyl groups is 2. The molecule has 2 atom stereocenters. The minimum absolute atomic E-state index is 0.00254. The van der Waals surface area contributed by atoms with E-state index < -0.39 is 47.1 Å². The average molecular weight is 982 g/mol. The smallest absolute Gasteiger partial charge is 0.336 e. The molecule has 7 rings (SSSR count). The zero-order chi connectivity index (χ0) is 49.3. The lowest BCUT2D eigenvalue weighted by Crippen LogP contribution is -2.47. The van der Waals surface area contributed by atoms with Crippen molar-refractivity contribution in [2.24, 2.45) is 0 Å². The molecule has 18 nitrogen and oxygen atoms in total. The Bertz CT molecular complexity index is 2920. The van der Waals surface area contributed by atoms with Crippen molar-refractivity contribution in [3.63, 3.8) is 0 Å². The number of halogens is 2. The summed E-state index contributed by atoms with van der Waals surface area (Å²) >= 11 is 12.1. The maximum atomic E-state index is 12.6. The van der Waals surface area contributed by atoms with Gasteiger partial charge in [-0.2, -0.15) is 10.3 Å². The number of carbonyl (C=O) groups excluding carboxylic acids is 4. The first kappa shape index (κ1) is 50.8. The number of nitrogens with zero attached hydrogens (tertiary/aromatic N) is 2. The van der Waals surface area contributed by atoms with Gasteiger partial charge >= 0.3 is 23.8 Å². The van der Waals surface area contributed by atoms with E-state index in [1.807, 2.05) is 113 Å². The first-order valence-electron chi connectivity index (χ1n) is 21.1. The van der Waals surface area contributed by atoms with Crippen molar-refractivity contribution < 1.29 is 47.9 Å². The molecule has 5 aromatic carbocycles. The molecule has 358 valence electrons. The van der Waals surface area contributed by atoms with Gasteiger partial charge in [0.15, 0.2) is 12.2 Å². The molecule has 0 aliphatic rings. The number of benzene rings is 5. The predicted octanol–water partition coefficient (Wildman–Crippen LogP) is 5.90. The number of carbonyl (C=O) groups is 4. The van der Waals surface area contributed by atoms with Crippen molar-refractivity contribution in [1.82, 2.24) is 31.2 Å². The van der Waals surface area contributed by atoms with Crippen LogP contribution in [0.3, 0.4) is 0 Å².